The summed E-state index contributed by atoms with van der Waals surface area (Å²) in [4.78, 5) is 0. The maximum Gasteiger partial charge on any atom is 0.187 e. The zero-order chi connectivity index (χ0) is 18.5. The van der Waals surface area contributed by atoms with Crippen molar-refractivity contribution in [2.45, 2.75) is 37.3 Å². The monoisotopic (exact) mass is 362 g/mol. The highest BCUT2D eigenvalue weighted by Crippen LogP contribution is 2.25. The highest BCUT2D eigenvalue weighted by Gasteiger charge is 2.43. The summed E-state index contributed by atoms with van der Waals surface area (Å²) in [6.45, 7) is -0.403. The molecule has 0 unspecified atom stereocenters. The van der Waals surface area contributed by atoms with Crippen molar-refractivity contribution in [3.05, 3.63) is 60.2 Å². The molecule has 0 radical (unpaired) electrons. The Balaban J connectivity index is 1.61. The first-order valence-electron chi connectivity index (χ1n) is 8.32. The molecule has 1 heterocycles. The third kappa shape index (κ3) is 4.39. The molecule has 0 aliphatic carbocycles. The lowest BCUT2D eigenvalue weighted by molar-refractivity contribution is -0.304. The van der Waals surface area contributed by atoms with Crippen molar-refractivity contribution in [1.29, 1.82) is 0 Å². The number of aliphatic hydroxyl groups excluding tert-OH is 4. The molecular weight excluding hydrogens is 340 g/mol. The van der Waals surface area contributed by atoms with E-state index < -0.39 is 37.3 Å². The molecule has 26 heavy (non-hydrogen) atoms. The van der Waals surface area contributed by atoms with Gasteiger partial charge in [0, 0.05) is 0 Å². The Morgan fingerprint density at radius 3 is 2.31 bits per heavy atom. The van der Waals surface area contributed by atoms with Crippen LogP contribution in [0.4, 0.5) is 0 Å². The fourth-order valence-corrected chi connectivity index (χ4v) is 2.71. The molecule has 140 valence electrons. The third-order valence-corrected chi connectivity index (χ3v) is 4.14. The molecule has 2 aromatic carbocycles. The molecule has 1 fully saturated rings. The van der Waals surface area contributed by atoms with Crippen LogP contribution in [0, 0.1) is 0 Å². The Morgan fingerprint density at radius 2 is 1.58 bits per heavy atom. The average Bonchev–Trinajstić information content (AvgIpc) is 2.67. The van der Waals surface area contributed by atoms with Crippen LogP contribution in [0.25, 0.3) is 0 Å². The second-order valence-corrected chi connectivity index (χ2v) is 6.07. The smallest absolute Gasteiger partial charge is 0.187 e. The minimum atomic E-state index is -1.46. The summed E-state index contributed by atoms with van der Waals surface area (Å²) in [5, 5.41) is 38.7. The summed E-state index contributed by atoms with van der Waals surface area (Å²) in [6.07, 6.45) is -6.44. The second-order valence-electron chi connectivity index (χ2n) is 6.07. The minimum Gasteiger partial charge on any atom is -0.457 e. The Bertz CT molecular complexity index is 691. The number of aliphatic hydroxyl groups is 4. The molecule has 0 spiro atoms. The lowest BCUT2D eigenvalue weighted by Crippen LogP contribution is -2.59. The van der Waals surface area contributed by atoms with Gasteiger partial charge in [-0.05, 0) is 29.8 Å². The van der Waals surface area contributed by atoms with Gasteiger partial charge < -0.3 is 34.6 Å². The van der Waals surface area contributed by atoms with Crippen LogP contribution in [0.1, 0.15) is 5.56 Å². The van der Waals surface area contributed by atoms with Crippen molar-refractivity contribution in [1.82, 2.24) is 0 Å². The zero-order valence-electron chi connectivity index (χ0n) is 14.0. The first-order valence-corrected chi connectivity index (χ1v) is 8.32. The topological polar surface area (TPSA) is 109 Å². The number of hydrogen-bond donors (Lipinski definition) is 4. The summed E-state index contributed by atoms with van der Waals surface area (Å²) in [5.74, 6) is 1.34. The van der Waals surface area contributed by atoms with Crippen molar-refractivity contribution >= 4 is 0 Å². The summed E-state index contributed by atoms with van der Waals surface area (Å²) >= 11 is 0. The van der Waals surface area contributed by atoms with Crippen LogP contribution in [0.2, 0.25) is 0 Å². The molecule has 0 bridgehead atoms. The molecule has 1 aliphatic heterocycles. The van der Waals surface area contributed by atoms with Crippen LogP contribution in [-0.4, -0.2) is 57.7 Å². The second kappa shape index (κ2) is 8.59. The van der Waals surface area contributed by atoms with Crippen LogP contribution in [-0.2, 0) is 16.1 Å². The van der Waals surface area contributed by atoms with Crippen LogP contribution in [0.15, 0.2) is 54.6 Å². The van der Waals surface area contributed by atoms with Crippen molar-refractivity contribution in [3.63, 3.8) is 0 Å². The van der Waals surface area contributed by atoms with E-state index in [4.69, 9.17) is 14.2 Å². The summed E-state index contributed by atoms with van der Waals surface area (Å²) in [7, 11) is 0. The Kier molecular flexibility index (Phi) is 6.20. The predicted octanol–water partition coefficient (Wildman–Crippen LogP) is 0.795. The van der Waals surface area contributed by atoms with Gasteiger partial charge in [0.25, 0.3) is 0 Å². The SMILES string of the molecule is OC[C@H]1O[C@@H](OCc2cccc(Oc3ccccc3)c2)[C@H](O)[C@@H](O)[C@@H]1O. The van der Waals surface area contributed by atoms with E-state index in [1.54, 1.807) is 6.07 Å². The first-order chi connectivity index (χ1) is 12.6. The number of para-hydroxylation sites is 1. The fraction of sp³-hybridized carbons (Fsp3) is 0.368. The molecule has 7 nitrogen and oxygen atoms in total. The molecule has 2 aromatic rings. The van der Waals surface area contributed by atoms with E-state index in [0.717, 1.165) is 5.56 Å². The minimum absolute atomic E-state index is 0.0919. The number of hydrogen-bond acceptors (Lipinski definition) is 7. The van der Waals surface area contributed by atoms with Crippen LogP contribution in [0.5, 0.6) is 11.5 Å². The van der Waals surface area contributed by atoms with Crippen LogP contribution in [0.3, 0.4) is 0 Å². The fourth-order valence-electron chi connectivity index (χ4n) is 2.71. The van der Waals surface area contributed by atoms with E-state index in [0.29, 0.717) is 11.5 Å². The van der Waals surface area contributed by atoms with Gasteiger partial charge in [-0.15, -0.1) is 0 Å². The van der Waals surface area contributed by atoms with Crippen molar-refractivity contribution in [3.8, 4) is 11.5 Å². The van der Waals surface area contributed by atoms with Gasteiger partial charge in [-0.25, -0.2) is 0 Å². The van der Waals surface area contributed by atoms with Gasteiger partial charge in [0.2, 0.25) is 0 Å². The summed E-state index contributed by atoms with van der Waals surface area (Å²) < 4.78 is 16.6. The lowest BCUT2D eigenvalue weighted by atomic mass is 9.99. The average molecular weight is 362 g/mol. The summed E-state index contributed by atoms with van der Waals surface area (Å²) in [6, 6.07) is 16.6. The van der Waals surface area contributed by atoms with E-state index >= 15 is 0 Å². The molecule has 5 atom stereocenters. The van der Waals surface area contributed by atoms with E-state index in [1.807, 2.05) is 48.5 Å². The quantitative estimate of drug-likeness (QED) is 0.602. The van der Waals surface area contributed by atoms with Crippen molar-refractivity contribution in [2.75, 3.05) is 6.61 Å². The molecule has 3 rings (SSSR count). The standard InChI is InChI=1S/C19H22O7/c20-10-15-16(21)17(22)18(23)19(26-15)24-11-12-5-4-8-14(9-12)25-13-6-2-1-3-7-13/h1-9,15-23H,10-11H2/t15-,16-,17+,18-,19-/m1/s1. The number of rotatable bonds is 6. The molecule has 0 aromatic heterocycles. The maximum absolute atomic E-state index is 9.98. The molecule has 0 amide bonds. The first kappa shape index (κ1) is 18.8. The highest BCUT2D eigenvalue weighted by molar-refractivity contribution is 5.33. The molecule has 0 saturated carbocycles. The molecular formula is C19H22O7. The normalized spacial score (nSPS) is 28.7. The number of ether oxygens (including phenoxy) is 3. The molecule has 4 N–H and O–H groups in total. The largest absolute Gasteiger partial charge is 0.457 e. The van der Waals surface area contributed by atoms with Gasteiger partial charge in [0.05, 0.1) is 13.2 Å². The van der Waals surface area contributed by atoms with Crippen molar-refractivity contribution < 1.29 is 34.6 Å². The van der Waals surface area contributed by atoms with Crippen LogP contribution >= 0.6 is 0 Å². The van der Waals surface area contributed by atoms with Crippen LogP contribution < -0.4 is 4.74 Å². The molecule has 7 heteroatoms. The van der Waals surface area contributed by atoms with Crippen molar-refractivity contribution in [2.24, 2.45) is 0 Å². The van der Waals surface area contributed by atoms with Gasteiger partial charge in [-0.2, -0.15) is 0 Å². The highest BCUT2D eigenvalue weighted by atomic mass is 16.7. The zero-order valence-corrected chi connectivity index (χ0v) is 14.0. The Morgan fingerprint density at radius 1 is 0.846 bits per heavy atom. The third-order valence-electron chi connectivity index (χ3n) is 4.14. The lowest BCUT2D eigenvalue weighted by Gasteiger charge is -2.39. The number of benzene rings is 2. The molecule has 1 saturated heterocycles. The van der Waals surface area contributed by atoms with Gasteiger partial charge in [-0.3, -0.25) is 0 Å². The van der Waals surface area contributed by atoms with Gasteiger partial charge in [0.1, 0.15) is 35.9 Å². The van der Waals surface area contributed by atoms with Gasteiger partial charge in [-0.1, -0.05) is 30.3 Å². The Hall–Kier alpha value is -2.00. The maximum atomic E-state index is 9.98. The molecule has 1 aliphatic rings. The van der Waals surface area contributed by atoms with E-state index in [1.165, 1.54) is 0 Å². The van der Waals surface area contributed by atoms with E-state index in [9.17, 15) is 20.4 Å². The predicted molar refractivity (Wildman–Crippen MR) is 91.5 cm³/mol. The van der Waals surface area contributed by atoms with Gasteiger partial charge in [0.15, 0.2) is 6.29 Å². The summed E-state index contributed by atoms with van der Waals surface area (Å²) in [5.41, 5.74) is 0.774. The van der Waals surface area contributed by atoms with E-state index in [-0.39, 0.29) is 6.61 Å². The Labute approximate surface area is 151 Å². The van der Waals surface area contributed by atoms with Gasteiger partial charge >= 0.3 is 0 Å². The van der Waals surface area contributed by atoms with E-state index in [2.05, 4.69) is 0 Å².